The number of pyridine rings is 1. The third-order valence-corrected chi connectivity index (χ3v) is 5.34. The number of amides is 2. The molecule has 1 fully saturated rings. The van der Waals surface area contributed by atoms with Crippen molar-refractivity contribution in [1.29, 1.82) is 0 Å². The van der Waals surface area contributed by atoms with Crippen LogP contribution in [0.1, 0.15) is 36.8 Å². The highest BCUT2D eigenvalue weighted by Crippen LogP contribution is 2.30. The first-order valence-electron chi connectivity index (χ1n) is 9.26. The molecule has 0 aliphatic heterocycles. The number of aryl methyl sites for hydroxylation is 1. The molecule has 0 bridgehead atoms. The highest BCUT2D eigenvalue weighted by Gasteiger charge is 2.30. The van der Waals surface area contributed by atoms with Gasteiger partial charge in [0.05, 0.1) is 0 Å². The number of anilines is 1. The molecule has 1 heterocycles. The van der Waals surface area contributed by atoms with Crippen molar-refractivity contribution in [3.05, 3.63) is 58.9 Å². The summed E-state index contributed by atoms with van der Waals surface area (Å²) in [5, 5.41) is 6.62. The molecule has 1 aliphatic rings. The van der Waals surface area contributed by atoms with Crippen molar-refractivity contribution in [2.24, 2.45) is 11.8 Å². The van der Waals surface area contributed by atoms with Crippen LogP contribution < -0.4 is 10.6 Å². The van der Waals surface area contributed by atoms with Crippen LogP contribution in [0.3, 0.4) is 0 Å². The topological polar surface area (TPSA) is 71.1 Å². The number of nitrogens with zero attached hydrogens (tertiary/aromatic N) is 1. The van der Waals surface area contributed by atoms with Gasteiger partial charge in [0.1, 0.15) is 0 Å². The summed E-state index contributed by atoms with van der Waals surface area (Å²) in [5.74, 6) is 0.00587. The van der Waals surface area contributed by atoms with Crippen molar-refractivity contribution < 1.29 is 9.59 Å². The Morgan fingerprint density at radius 1 is 1.11 bits per heavy atom. The predicted octanol–water partition coefficient (Wildman–Crippen LogP) is 4.10. The van der Waals surface area contributed by atoms with Gasteiger partial charge in [-0.15, -0.1) is 0 Å². The number of halogens is 1. The summed E-state index contributed by atoms with van der Waals surface area (Å²) < 4.78 is 0. The van der Waals surface area contributed by atoms with Crippen molar-refractivity contribution >= 4 is 29.1 Å². The molecule has 0 atom stereocenters. The van der Waals surface area contributed by atoms with E-state index in [1.54, 1.807) is 18.5 Å². The Kier molecular flexibility index (Phi) is 6.45. The molecule has 5 nitrogen and oxygen atoms in total. The summed E-state index contributed by atoms with van der Waals surface area (Å²) in [4.78, 5) is 29.0. The molecule has 0 radical (unpaired) electrons. The Balaban J connectivity index is 1.46. The number of carbonyl (C=O) groups is 2. The molecule has 2 aromatic rings. The van der Waals surface area contributed by atoms with Gasteiger partial charge in [0.25, 0.3) is 0 Å². The number of carbonyl (C=O) groups excluding carboxylic acids is 2. The molecule has 1 saturated carbocycles. The maximum atomic E-state index is 12.5. The lowest BCUT2D eigenvalue weighted by Gasteiger charge is -2.27. The largest absolute Gasteiger partial charge is 0.352 e. The van der Waals surface area contributed by atoms with E-state index in [-0.39, 0.29) is 23.7 Å². The van der Waals surface area contributed by atoms with E-state index < -0.39 is 0 Å². The number of hydrogen-bond donors (Lipinski definition) is 2. The number of aromatic nitrogens is 1. The fourth-order valence-electron chi connectivity index (χ4n) is 3.46. The maximum Gasteiger partial charge on any atom is 0.227 e. The Labute approximate surface area is 164 Å². The number of nitrogens with one attached hydrogen (secondary N) is 2. The van der Waals surface area contributed by atoms with Crippen molar-refractivity contribution in [3.63, 3.8) is 0 Å². The van der Waals surface area contributed by atoms with E-state index in [1.165, 1.54) is 0 Å². The molecule has 1 aliphatic carbocycles. The summed E-state index contributed by atoms with van der Waals surface area (Å²) in [6.07, 6.45) is 6.38. The molecular weight excluding hydrogens is 362 g/mol. The molecule has 1 aromatic heterocycles. The SMILES string of the molecule is Cc1cc(Cl)ccc1NC(=O)C1CCC(C(=O)NCc2cccnc2)CC1. The van der Waals surface area contributed by atoms with E-state index in [4.69, 9.17) is 11.6 Å². The van der Waals surface area contributed by atoms with Gasteiger partial charge in [-0.1, -0.05) is 17.7 Å². The fraction of sp³-hybridized carbons (Fsp3) is 0.381. The van der Waals surface area contributed by atoms with Crippen LogP contribution in [0, 0.1) is 18.8 Å². The molecule has 3 rings (SSSR count). The van der Waals surface area contributed by atoms with E-state index in [0.717, 1.165) is 42.5 Å². The predicted molar refractivity (Wildman–Crippen MR) is 106 cm³/mol. The fourth-order valence-corrected chi connectivity index (χ4v) is 3.68. The Bertz CT molecular complexity index is 802. The second-order valence-electron chi connectivity index (χ2n) is 7.08. The molecule has 6 heteroatoms. The van der Waals surface area contributed by atoms with Gasteiger partial charge in [0.15, 0.2) is 0 Å². The van der Waals surface area contributed by atoms with Crippen molar-refractivity contribution in [2.45, 2.75) is 39.2 Å². The van der Waals surface area contributed by atoms with Gasteiger partial charge in [-0.3, -0.25) is 14.6 Å². The van der Waals surface area contributed by atoms with Gasteiger partial charge >= 0.3 is 0 Å². The second kappa shape index (κ2) is 9.00. The molecule has 0 spiro atoms. The standard InChI is InChI=1S/C21H24ClN3O2/c1-14-11-18(22)8-9-19(14)25-21(27)17-6-4-16(5-7-17)20(26)24-13-15-3-2-10-23-12-15/h2-3,8-12,16-17H,4-7,13H2,1H3,(H,24,26)(H,25,27). The lowest BCUT2D eigenvalue weighted by atomic mass is 9.81. The lowest BCUT2D eigenvalue weighted by Crippen LogP contribution is -2.35. The minimum Gasteiger partial charge on any atom is -0.352 e. The van der Waals surface area contributed by atoms with E-state index in [1.807, 2.05) is 31.2 Å². The van der Waals surface area contributed by atoms with Crippen LogP contribution in [-0.4, -0.2) is 16.8 Å². The summed E-state index contributed by atoms with van der Waals surface area (Å²) >= 11 is 5.96. The van der Waals surface area contributed by atoms with Crippen LogP contribution in [0.4, 0.5) is 5.69 Å². The molecule has 0 saturated heterocycles. The zero-order valence-electron chi connectivity index (χ0n) is 15.4. The first kappa shape index (κ1) is 19.4. The molecule has 27 heavy (non-hydrogen) atoms. The van der Waals surface area contributed by atoms with E-state index in [0.29, 0.717) is 11.6 Å². The van der Waals surface area contributed by atoms with Crippen molar-refractivity contribution in [3.8, 4) is 0 Å². The van der Waals surface area contributed by atoms with Gasteiger partial charge in [-0.2, -0.15) is 0 Å². The lowest BCUT2D eigenvalue weighted by molar-refractivity contribution is -0.128. The summed E-state index contributed by atoms with van der Waals surface area (Å²) in [6.45, 7) is 2.41. The minimum absolute atomic E-state index is 0.0228. The van der Waals surface area contributed by atoms with Gasteiger partial charge in [-0.25, -0.2) is 0 Å². The zero-order valence-corrected chi connectivity index (χ0v) is 16.1. The number of rotatable bonds is 5. The monoisotopic (exact) mass is 385 g/mol. The third kappa shape index (κ3) is 5.30. The molecule has 0 unspecified atom stereocenters. The molecule has 1 aromatic carbocycles. The first-order valence-corrected chi connectivity index (χ1v) is 9.64. The van der Waals surface area contributed by atoms with Crippen LogP contribution >= 0.6 is 11.6 Å². The average Bonchev–Trinajstić information content (AvgIpc) is 2.69. The smallest absolute Gasteiger partial charge is 0.227 e. The van der Waals surface area contributed by atoms with E-state index in [2.05, 4.69) is 15.6 Å². The van der Waals surface area contributed by atoms with Gasteiger partial charge < -0.3 is 10.6 Å². The molecular formula is C21H24ClN3O2. The Morgan fingerprint density at radius 3 is 2.44 bits per heavy atom. The van der Waals surface area contributed by atoms with Gasteiger partial charge in [0, 0.05) is 41.5 Å². The average molecular weight is 386 g/mol. The summed E-state index contributed by atoms with van der Waals surface area (Å²) in [6, 6.07) is 9.22. The van der Waals surface area contributed by atoms with E-state index >= 15 is 0 Å². The van der Waals surface area contributed by atoms with Gasteiger partial charge in [-0.05, 0) is 68.0 Å². The molecule has 142 valence electrons. The van der Waals surface area contributed by atoms with Crippen LogP contribution in [0.2, 0.25) is 5.02 Å². The van der Waals surface area contributed by atoms with Crippen LogP contribution in [-0.2, 0) is 16.1 Å². The van der Waals surface area contributed by atoms with Crippen molar-refractivity contribution in [2.75, 3.05) is 5.32 Å². The highest BCUT2D eigenvalue weighted by atomic mass is 35.5. The van der Waals surface area contributed by atoms with E-state index in [9.17, 15) is 9.59 Å². The quantitative estimate of drug-likeness (QED) is 0.813. The highest BCUT2D eigenvalue weighted by molar-refractivity contribution is 6.30. The number of hydrogen-bond acceptors (Lipinski definition) is 3. The van der Waals surface area contributed by atoms with Crippen LogP contribution in [0.25, 0.3) is 0 Å². The molecule has 2 amide bonds. The Morgan fingerprint density at radius 2 is 1.81 bits per heavy atom. The summed E-state index contributed by atoms with van der Waals surface area (Å²) in [7, 11) is 0. The zero-order chi connectivity index (χ0) is 19.2. The van der Waals surface area contributed by atoms with Crippen molar-refractivity contribution in [1.82, 2.24) is 10.3 Å². The summed E-state index contributed by atoms with van der Waals surface area (Å²) in [5.41, 5.74) is 2.72. The number of benzene rings is 1. The van der Waals surface area contributed by atoms with Gasteiger partial charge in [0.2, 0.25) is 11.8 Å². The third-order valence-electron chi connectivity index (χ3n) is 5.10. The van der Waals surface area contributed by atoms with Crippen LogP contribution in [0.5, 0.6) is 0 Å². The van der Waals surface area contributed by atoms with Crippen LogP contribution in [0.15, 0.2) is 42.7 Å². The second-order valence-corrected chi connectivity index (χ2v) is 7.51. The maximum absolute atomic E-state index is 12.5. The normalized spacial score (nSPS) is 19.3. The minimum atomic E-state index is -0.0533. The molecule has 2 N–H and O–H groups in total. The first-order chi connectivity index (χ1) is 13.0. The Hall–Kier alpha value is -2.40.